The van der Waals surface area contributed by atoms with Gasteiger partial charge < -0.3 is 0 Å². The van der Waals surface area contributed by atoms with E-state index in [9.17, 15) is 26.3 Å². The lowest BCUT2D eigenvalue weighted by Gasteiger charge is -2.18. The van der Waals surface area contributed by atoms with Crippen LogP contribution in [0.4, 0.5) is 26.3 Å². The van der Waals surface area contributed by atoms with Crippen molar-refractivity contribution >= 4 is 0 Å². The minimum atomic E-state index is -5.85. The largest absolute Gasteiger partial charge is 0.442 e. The van der Waals surface area contributed by atoms with Gasteiger partial charge in [-0.3, -0.25) is 0 Å². The van der Waals surface area contributed by atoms with Crippen molar-refractivity contribution in [3.8, 4) is 6.07 Å². The Labute approximate surface area is 57.2 Å². The van der Waals surface area contributed by atoms with Crippen molar-refractivity contribution in [3.05, 3.63) is 0 Å². The molecule has 0 fully saturated rings. The molecule has 0 aromatic heterocycles. The van der Waals surface area contributed by atoms with E-state index in [1.165, 1.54) is 0 Å². The van der Waals surface area contributed by atoms with E-state index in [0.717, 1.165) is 0 Å². The average molecular weight is 177 g/mol. The molecular weight excluding hydrogens is 176 g/mol. The molecule has 0 aromatic rings. The fraction of sp³-hybridized carbons (Fsp3) is 0.750. The Kier molecular flexibility index (Phi) is 2.38. The van der Waals surface area contributed by atoms with Gasteiger partial charge in [0, 0.05) is 0 Å². The van der Waals surface area contributed by atoms with Gasteiger partial charge in [0.05, 0.1) is 0 Å². The quantitative estimate of drug-likeness (QED) is 0.562. The van der Waals surface area contributed by atoms with Crippen LogP contribution in [0.3, 0.4) is 0 Å². The smallest absolute Gasteiger partial charge is 0.210 e. The molecule has 0 N–H and O–H groups in total. The normalized spacial score (nSPS) is 17.6. The van der Waals surface area contributed by atoms with E-state index in [1.54, 1.807) is 0 Å². The zero-order chi connectivity index (χ0) is 9.28. The van der Waals surface area contributed by atoms with Crippen molar-refractivity contribution in [2.75, 3.05) is 0 Å². The van der Waals surface area contributed by atoms with Crippen molar-refractivity contribution in [3.63, 3.8) is 0 Å². The van der Waals surface area contributed by atoms with Gasteiger partial charge in [-0.25, -0.2) is 13.2 Å². The number of halogens is 6. The zero-order valence-electron chi connectivity index (χ0n) is 4.79. The lowest BCUT2D eigenvalue weighted by atomic mass is 10.1. The molecule has 0 saturated carbocycles. The third-order valence-corrected chi connectivity index (χ3v) is 0.876. The molecule has 0 spiro atoms. The van der Waals surface area contributed by atoms with Crippen molar-refractivity contribution < 1.29 is 26.3 Å². The summed E-state index contributed by atoms with van der Waals surface area (Å²) in [4.78, 5) is 0. The molecule has 1 unspecified atom stereocenters. The van der Waals surface area contributed by atoms with Crippen LogP contribution in [0, 0.1) is 11.3 Å². The summed E-state index contributed by atoms with van der Waals surface area (Å²) in [7, 11) is 0. The molecule has 0 bridgehead atoms. The SMILES string of the molecule is N#CC(F)(C(F)F)C(F)(F)F. The van der Waals surface area contributed by atoms with Crippen molar-refractivity contribution in [1.82, 2.24) is 0 Å². The average Bonchev–Trinajstić information content (AvgIpc) is 1.83. The van der Waals surface area contributed by atoms with E-state index in [4.69, 9.17) is 5.26 Å². The van der Waals surface area contributed by atoms with Crippen LogP contribution in [-0.2, 0) is 0 Å². The fourth-order valence-electron chi connectivity index (χ4n) is 0.236. The predicted molar refractivity (Wildman–Crippen MR) is 21.5 cm³/mol. The summed E-state index contributed by atoms with van der Waals surface area (Å²) in [6, 6.07) is -0.124. The second kappa shape index (κ2) is 2.60. The molecule has 0 aliphatic heterocycles. The molecule has 0 radical (unpaired) electrons. The summed E-state index contributed by atoms with van der Waals surface area (Å²) >= 11 is 0. The molecule has 0 saturated heterocycles. The molecule has 0 rings (SSSR count). The van der Waals surface area contributed by atoms with E-state index >= 15 is 0 Å². The lowest BCUT2D eigenvalue weighted by Crippen LogP contribution is -2.45. The van der Waals surface area contributed by atoms with Crippen molar-refractivity contribution in [1.29, 1.82) is 5.26 Å². The van der Waals surface area contributed by atoms with Crippen LogP contribution >= 0.6 is 0 Å². The third-order valence-electron chi connectivity index (χ3n) is 0.876. The summed E-state index contributed by atoms with van der Waals surface area (Å²) in [5, 5.41) is 7.47. The molecular formula is C4HF6N. The zero-order valence-corrected chi connectivity index (χ0v) is 4.79. The maximum atomic E-state index is 11.9. The standard InChI is InChI=1S/C4HF6N/c5-2(6)3(7,1-11)4(8,9)10/h2H. The van der Waals surface area contributed by atoms with Gasteiger partial charge in [-0.15, -0.1) is 0 Å². The molecule has 7 heteroatoms. The Morgan fingerprint density at radius 1 is 1.09 bits per heavy atom. The molecule has 11 heavy (non-hydrogen) atoms. The van der Waals surface area contributed by atoms with Gasteiger partial charge in [-0.05, 0) is 0 Å². The Morgan fingerprint density at radius 2 is 1.45 bits per heavy atom. The Bertz CT molecular complexity index is 178. The molecule has 1 atom stereocenters. The highest BCUT2D eigenvalue weighted by molar-refractivity contribution is 5.08. The first-order valence-corrected chi connectivity index (χ1v) is 2.20. The molecule has 0 aliphatic carbocycles. The molecule has 64 valence electrons. The summed E-state index contributed by atoms with van der Waals surface area (Å²) in [6.07, 6.45) is -10.2. The van der Waals surface area contributed by atoms with Crippen molar-refractivity contribution in [2.24, 2.45) is 0 Å². The van der Waals surface area contributed by atoms with E-state index < -0.39 is 18.3 Å². The molecule has 0 aliphatic rings. The number of hydrogen-bond donors (Lipinski definition) is 0. The second-order valence-corrected chi connectivity index (χ2v) is 1.62. The van der Waals surface area contributed by atoms with Gasteiger partial charge in [0.2, 0.25) is 0 Å². The fourth-order valence-corrected chi connectivity index (χ4v) is 0.236. The van der Waals surface area contributed by atoms with E-state index in [-0.39, 0.29) is 6.07 Å². The van der Waals surface area contributed by atoms with Crippen LogP contribution in [0.5, 0.6) is 0 Å². The van der Waals surface area contributed by atoms with Crippen LogP contribution in [0.1, 0.15) is 0 Å². The monoisotopic (exact) mass is 177 g/mol. The lowest BCUT2D eigenvalue weighted by molar-refractivity contribution is -0.243. The second-order valence-electron chi connectivity index (χ2n) is 1.62. The van der Waals surface area contributed by atoms with E-state index in [0.29, 0.717) is 0 Å². The first-order valence-electron chi connectivity index (χ1n) is 2.20. The van der Waals surface area contributed by atoms with E-state index in [1.807, 2.05) is 0 Å². The number of nitrogens with zero attached hydrogens (tertiary/aromatic N) is 1. The Morgan fingerprint density at radius 3 is 1.45 bits per heavy atom. The highest BCUT2D eigenvalue weighted by Gasteiger charge is 2.63. The van der Waals surface area contributed by atoms with Crippen LogP contribution in [0.15, 0.2) is 0 Å². The summed E-state index contributed by atoms with van der Waals surface area (Å²) < 4.78 is 68.3. The van der Waals surface area contributed by atoms with E-state index in [2.05, 4.69) is 0 Å². The maximum absolute atomic E-state index is 11.9. The molecule has 0 aromatic carbocycles. The first kappa shape index (κ1) is 10.1. The highest BCUT2D eigenvalue weighted by atomic mass is 19.4. The minimum Gasteiger partial charge on any atom is -0.210 e. The van der Waals surface area contributed by atoms with Crippen LogP contribution in [0.2, 0.25) is 0 Å². The summed E-state index contributed by atoms with van der Waals surface area (Å²) in [5.41, 5.74) is -5.05. The van der Waals surface area contributed by atoms with Gasteiger partial charge in [-0.2, -0.15) is 18.4 Å². The Balaban J connectivity index is 4.80. The topological polar surface area (TPSA) is 23.8 Å². The van der Waals surface area contributed by atoms with Gasteiger partial charge >= 0.3 is 11.8 Å². The van der Waals surface area contributed by atoms with Crippen LogP contribution in [0.25, 0.3) is 0 Å². The molecule has 0 amide bonds. The van der Waals surface area contributed by atoms with Gasteiger partial charge in [0.15, 0.2) is 0 Å². The highest BCUT2D eigenvalue weighted by Crippen LogP contribution is 2.37. The summed E-state index contributed by atoms with van der Waals surface area (Å²) in [6.45, 7) is 0. The van der Waals surface area contributed by atoms with Gasteiger partial charge in [0.25, 0.3) is 6.43 Å². The Hall–Kier alpha value is -0.930. The molecule has 0 heterocycles. The number of alkyl halides is 6. The third kappa shape index (κ3) is 1.56. The number of nitriles is 1. The van der Waals surface area contributed by atoms with Gasteiger partial charge in [-0.1, -0.05) is 0 Å². The number of rotatable bonds is 1. The predicted octanol–water partition coefficient (Wildman–Crippen LogP) is 2.05. The summed E-state index contributed by atoms with van der Waals surface area (Å²) in [5.74, 6) is 0. The van der Waals surface area contributed by atoms with Crippen LogP contribution < -0.4 is 0 Å². The van der Waals surface area contributed by atoms with Crippen LogP contribution in [-0.4, -0.2) is 18.3 Å². The molecule has 1 nitrogen and oxygen atoms in total. The maximum Gasteiger partial charge on any atom is 0.442 e. The minimum absolute atomic E-state index is 0.124. The first-order chi connectivity index (χ1) is 4.75. The van der Waals surface area contributed by atoms with Crippen molar-refractivity contribution in [2.45, 2.75) is 18.3 Å². The number of hydrogen-bond acceptors (Lipinski definition) is 1. The van der Waals surface area contributed by atoms with Gasteiger partial charge in [0.1, 0.15) is 6.07 Å².